The number of likely N-dealkylation sites (tertiary alicyclic amines) is 1. The monoisotopic (exact) mass is 286 g/mol. The molecular formula is C13H22N2O3S. The van der Waals surface area contributed by atoms with E-state index in [0.717, 1.165) is 19.3 Å². The van der Waals surface area contributed by atoms with Crippen molar-refractivity contribution < 1.29 is 14.7 Å². The van der Waals surface area contributed by atoms with E-state index >= 15 is 0 Å². The van der Waals surface area contributed by atoms with Gasteiger partial charge in [0.1, 0.15) is 0 Å². The number of hydrogen-bond acceptors (Lipinski definition) is 3. The van der Waals surface area contributed by atoms with Gasteiger partial charge in [-0.25, -0.2) is 4.79 Å². The van der Waals surface area contributed by atoms with Crippen molar-refractivity contribution in [3.05, 3.63) is 0 Å². The van der Waals surface area contributed by atoms with E-state index in [1.807, 2.05) is 11.8 Å². The molecule has 1 heterocycles. The van der Waals surface area contributed by atoms with Crippen molar-refractivity contribution in [2.45, 2.75) is 36.9 Å². The fourth-order valence-electron chi connectivity index (χ4n) is 2.74. The molecule has 108 valence electrons. The summed E-state index contributed by atoms with van der Waals surface area (Å²) in [6.07, 6.45) is 7.10. The predicted octanol–water partition coefficient (Wildman–Crippen LogP) is 1.78. The minimum absolute atomic E-state index is 0.105. The Balaban J connectivity index is 1.81. The molecule has 0 bridgehead atoms. The van der Waals surface area contributed by atoms with Crippen LogP contribution in [0.15, 0.2) is 0 Å². The first kappa shape index (κ1) is 14.5. The third kappa shape index (κ3) is 3.35. The highest BCUT2D eigenvalue weighted by molar-refractivity contribution is 8.00. The second kappa shape index (κ2) is 6.03. The lowest BCUT2D eigenvalue weighted by Gasteiger charge is -2.41. The van der Waals surface area contributed by atoms with Crippen LogP contribution in [0.5, 0.6) is 0 Å². The maximum absolute atomic E-state index is 12.1. The second-order valence-electron chi connectivity index (χ2n) is 5.52. The molecule has 1 aliphatic heterocycles. The average molecular weight is 286 g/mol. The topological polar surface area (TPSA) is 69.6 Å². The van der Waals surface area contributed by atoms with E-state index < -0.39 is 11.9 Å². The Hall–Kier alpha value is -0.910. The number of thioether (sulfide) groups is 1. The summed E-state index contributed by atoms with van der Waals surface area (Å²) in [6.45, 7) is 1.70. The van der Waals surface area contributed by atoms with Gasteiger partial charge in [-0.1, -0.05) is 6.42 Å². The van der Waals surface area contributed by atoms with Gasteiger partial charge in [-0.2, -0.15) is 11.8 Å². The molecule has 2 fully saturated rings. The van der Waals surface area contributed by atoms with Crippen molar-refractivity contribution in [2.24, 2.45) is 5.92 Å². The summed E-state index contributed by atoms with van der Waals surface area (Å²) < 4.78 is 0.220. The quantitative estimate of drug-likeness (QED) is 0.826. The number of carboxylic acids is 1. The molecule has 1 saturated heterocycles. The van der Waals surface area contributed by atoms with Crippen LogP contribution in [-0.4, -0.2) is 52.6 Å². The van der Waals surface area contributed by atoms with E-state index in [4.69, 9.17) is 5.11 Å². The second-order valence-corrected chi connectivity index (χ2v) is 6.80. The number of amides is 2. The molecule has 2 amide bonds. The Morgan fingerprint density at radius 2 is 2.16 bits per heavy atom. The van der Waals surface area contributed by atoms with Crippen LogP contribution in [0.1, 0.15) is 32.1 Å². The predicted molar refractivity (Wildman–Crippen MR) is 75.4 cm³/mol. The Morgan fingerprint density at radius 3 is 2.68 bits per heavy atom. The van der Waals surface area contributed by atoms with Gasteiger partial charge in [0.25, 0.3) is 0 Å². The van der Waals surface area contributed by atoms with E-state index in [1.54, 1.807) is 4.90 Å². The highest BCUT2D eigenvalue weighted by atomic mass is 32.2. The summed E-state index contributed by atoms with van der Waals surface area (Å²) in [5, 5.41) is 12.0. The molecule has 19 heavy (non-hydrogen) atoms. The van der Waals surface area contributed by atoms with Crippen LogP contribution < -0.4 is 5.32 Å². The van der Waals surface area contributed by atoms with Gasteiger partial charge in [-0.05, 0) is 31.9 Å². The summed E-state index contributed by atoms with van der Waals surface area (Å²) >= 11 is 1.83. The summed E-state index contributed by atoms with van der Waals surface area (Å²) in [5.74, 6) is -1.20. The van der Waals surface area contributed by atoms with Crippen LogP contribution in [0.4, 0.5) is 4.79 Å². The zero-order valence-corrected chi connectivity index (χ0v) is 12.2. The number of piperidine rings is 1. The third-order valence-corrected chi connectivity index (χ3v) is 5.74. The number of nitrogens with zero attached hydrogens (tertiary/aromatic N) is 1. The smallest absolute Gasteiger partial charge is 0.317 e. The standard InChI is InChI=1S/C13H22N2O3S/c1-19-13(5-3-6-13)9-14-12(18)15-7-2-4-10(8-15)11(16)17/h10H,2-9H2,1H3,(H,14,18)(H,16,17)/t10-/m0/s1. The Morgan fingerprint density at radius 1 is 1.42 bits per heavy atom. The van der Waals surface area contributed by atoms with Gasteiger partial charge >= 0.3 is 12.0 Å². The van der Waals surface area contributed by atoms with Crippen LogP contribution in [0.3, 0.4) is 0 Å². The normalized spacial score (nSPS) is 25.5. The van der Waals surface area contributed by atoms with Gasteiger partial charge in [-0.15, -0.1) is 0 Å². The molecule has 0 radical (unpaired) electrons. The lowest BCUT2D eigenvalue weighted by atomic mass is 9.84. The van der Waals surface area contributed by atoms with Crippen LogP contribution in [0, 0.1) is 5.92 Å². The Labute approximate surface area is 118 Å². The molecule has 0 unspecified atom stereocenters. The molecule has 0 aromatic rings. The molecule has 1 saturated carbocycles. The first-order chi connectivity index (χ1) is 9.06. The van der Waals surface area contributed by atoms with Crippen molar-refractivity contribution in [2.75, 3.05) is 25.9 Å². The van der Waals surface area contributed by atoms with E-state index in [1.165, 1.54) is 6.42 Å². The van der Waals surface area contributed by atoms with E-state index in [0.29, 0.717) is 26.1 Å². The first-order valence-electron chi connectivity index (χ1n) is 6.87. The Bertz CT molecular complexity index is 352. The molecular weight excluding hydrogens is 264 g/mol. The van der Waals surface area contributed by atoms with Crippen molar-refractivity contribution in [1.29, 1.82) is 0 Å². The van der Waals surface area contributed by atoms with Gasteiger partial charge in [-0.3, -0.25) is 4.79 Å². The van der Waals surface area contributed by atoms with Gasteiger partial charge in [0, 0.05) is 24.4 Å². The molecule has 1 aliphatic carbocycles. The molecule has 0 aromatic heterocycles. The van der Waals surface area contributed by atoms with Crippen molar-refractivity contribution in [3.8, 4) is 0 Å². The van der Waals surface area contributed by atoms with Crippen LogP contribution in [0.2, 0.25) is 0 Å². The zero-order chi connectivity index (χ0) is 13.9. The number of carboxylic acid groups (broad SMARTS) is 1. The zero-order valence-electron chi connectivity index (χ0n) is 11.4. The molecule has 2 aliphatic rings. The van der Waals surface area contributed by atoms with Gasteiger partial charge in [0.2, 0.25) is 0 Å². The molecule has 2 N–H and O–H groups in total. The average Bonchev–Trinajstić information content (AvgIpc) is 2.38. The maximum atomic E-state index is 12.1. The van der Waals surface area contributed by atoms with Gasteiger partial charge in [0.05, 0.1) is 5.92 Å². The lowest BCUT2D eigenvalue weighted by molar-refractivity contribution is -0.143. The summed E-state index contributed by atoms with van der Waals surface area (Å²) in [4.78, 5) is 24.7. The third-order valence-electron chi connectivity index (χ3n) is 4.32. The SMILES string of the molecule is CSC1(CNC(=O)N2CCC[C@H](C(=O)O)C2)CCC1. The number of nitrogens with one attached hydrogen (secondary N) is 1. The molecule has 5 nitrogen and oxygen atoms in total. The number of rotatable bonds is 4. The van der Waals surface area contributed by atoms with Crippen LogP contribution in [0.25, 0.3) is 0 Å². The molecule has 6 heteroatoms. The first-order valence-corrected chi connectivity index (χ1v) is 8.09. The number of aliphatic carboxylic acids is 1. The number of urea groups is 1. The molecule has 2 rings (SSSR count). The van der Waals surface area contributed by atoms with E-state index in [-0.39, 0.29) is 10.8 Å². The fourth-order valence-corrected chi connectivity index (χ4v) is 3.65. The molecule has 0 aromatic carbocycles. The van der Waals surface area contributed by atoms with Crippen molar-refractivity contribution in [3.63, 3.8) is 0 Å². The van der Waals surface area contributed by atoms with E-state index in [9.17, 15) is 9.59 Å². The van der Waals surface area contributed by atoms with Gasteiger partial charge in [0.15, 0.2) is 0 Å². The summed E-state index contributed by atoms with van der Waals surface area (Å²) in [5.41, 5.74) is 0. The number of carbonyl (C=O) groups is 2. The van der Waals surface area contributed by atoms with Crippen LogP contribution >= 0.6 is 11.8 Å². The number of hydrogen-bond donors (Lipinski definition) is 2. The largest absolute Gasteiger partial charge is 0.481 e. The lowest BCUT2D eigenvalue weighted by Crippen LogP contribution is -2.51. The van der Waals surface area contributed by atoms with Crippen LogP contribution in [-0.2, 0) is 4.79 Å². The maximum Gasteiger partial charge on any atom is 0.317 e. The highest BCUT2D eigenvalue weighted by Gasteiger charge is 2.37. The summed E-state index contributed by atoms with van der Waals surface area (Å²) in [7, 11) is 0. The molecule has 1 atom stereocenters. The molecule has 0 spiro atoms. The minimum Gasteiger partial charge on any atom is -0.481 e. The van der Waals surface area contributed by atoms with Gasteiger partial charge < -0.3 is 15.3 Å². The Kier molecular flexibility index (Phi) is 4.60. The van der Waals surface area contributed by atoms with E-state index in [2.05, 4.69) is 11.6 Å². The minimum atomic E-state index is -0.794. The summed E-state index contributed by atoms with van der Waals surface area (Å²) in [6, 6.07) is -0.105. The fraction of sp³-hybridized carbons (Fsp3) is 0.846. The highest BCUT2D eigenvalue weighted by Crippen LogP contribution is 2.42. The van der Waals surface area contributed by atoms with Crippen molar-refractivity contribution >= 4 is 23.8 Å². The number of carbonyl (C=O) groups excluding carboxylic acids is 1. The van der Waals surface area contributed by atoms with Crippen molar-refractivity contribution in [1.82, 2.24) is 10.2 Å².